The van der Waals surface area contributed by atoms with Crippen LogP contribution >= 0.6 is 15.9 Å². The van der Waals surface area contributed by atoms with Crippen molar-refractivity contribution >= 4 is 15.9 Å². The molecular weight excluding hydrogens is 220 g/mol. The Balaban J connectivity index is 2.75. The Labute approximate surface area is 80.3 Å². The SMILES string of the molecule is CCCOc1cc(O)ccc1Br. The molecule has 2 nitrogen and oxygen atoms in total. The molecule has 1 aromatic rings. The Morgan fingerprint density at radius 2 is 2.25 bits per heavy atom. The molecule has 0 aliphatic carbocycles. The lowest BCUT2D eigenvalue weighted by molar-refractivity contribution is 0.313. The molecule has 3 heteroatoms. The number of benzene rings is 1. The number of hydrogen-bond donors (Lipinski definition) is 1. The van der Waals surface area contributed by atoms with Crippen molar-refractivity contribution in [1.82, 2.24) is 0 Å². The summed E-state index contributed by atoms with van der Waals surface area (Å²) < 4.78 is 6.23. The van der Waals surface area contributed by atoms with Crippen LogP contribution in [-0.2, 0) is 0 Å². The van der Waals surface area contributed by atoms with Gasteiger partial charge in [0, 0.05) is 6.07 Å². The summed E-state index contributed by atoms with van der Waals surface area (Å²) in [5, 5.41) is 9.14. The Kier molecular flexibility index (Phi) is 3.41. The number of aromatic hydroxyl groups is 1. The van der Waals surface area contributed by atoms with Gasteiger partial charge in [0.05, 0.1) is 11.1 Å². The van der Waals surface area contributed by atoms with E-state index in [1.54, 1.807) is 18.2 Å². The normalized spacial score (nSPS) is 9.83. The Morgan fingerprint density at radius 1 is 1.50 bits per heavy atom. The van der Waals surface area contributed by atoms with Crippen molar-refractivity contribution < 1.29 is 9.84 Å². The van der Waals surface area contributed by atoms with E-state index in [9.17, 15) is 0 Å². The maximum Gasteiger partial charge on any atom is 0.137 e. The van der Waals surface area contributed by atoms with E-state index < -0.39 is 0 Å². The summed E-state index contributed by atoms with van der Waals surface area (Å²) in [6.45, 7) is 2.71. The second-order valence-corrected chi connectivity index (χ2v) is 3.32. The van der Waals surface area contributed by atoms with Crippen LogP contribution in [0, 0.1) is 0 Å². The fourth-order valence-corrected chi connectivity index (χ4v) is 1.18. The Hall–Kier alpha value is -0.700. The topological polar surface area (TPSA) is 29.5 Å². The third kappa shape index (κ3) is 2.41. The molecule has 0 aliphatic heterocycles. The molecule has 0 amide bonds. The van der Waals surface area contributed by atoms with Gasteiger partial charge in [-0.15, -0.1) is 0 Å². The van der Waals surface area contributed by atoms with E-state index >= 15 is 0 Å². The third-order valence-corrected chi connectivity index (χ3v) is 2.03. The van der Waals surface area contributed by atoms with Crippen molar-refractivity contribution in [2.24, 2.45) is 0 Å². The van der Waals surface area contributed by atoms with Crippen LogP contribution in [-0.4, -0.2) is 11.7 Å². The van der Waals surface area contributed by atoms with Crippen molar-refractivity contribution in [2.45, 2.75) is 13.3 Å². The zero-order valence-corrected chi connectivity index (χ0v) is 8.47. The molecule has 1 rings (SSSR count). The van der Waals surface area contributed by atoms with Crippen LogP contribution in [0.4, 0.5) is 0 Å². The summed E-state index contributed by atoms with van der Waals surface area (Å²) in [7, 11) is 0. The predicted molar refractivity (Wildman–Crippen MR) is 51.6 cm³/mol. The zero-order chi connectivity index (χ0) is 8.97. The fraction of sp³-hybridized carbons (Fsp3) is 0.333. The lowest BCUT2D eigenvalue weighted by Crippen LogP contribution is -1.95. The third-order valence-electron chi connectivity index (χ3n) is 1.38. The van der Waals surface area contributed by atoms with E-state index in [2.05, 4.69) is 15.9 Å². The molecule has 0 atom stereocenters. The minimum atomic E-state index is 0.226. The van der Waals surface area contributed by atoms with Crippen LogP contribution in [0.5, 0.6) is 11.5 Å². The lowest BCUT2D eigenvalue weighted by atomic mass is 10.3. The number of phenolic OH excluding ortho intramolecular Hbond substituents is 1. The summed E-state index contributed by atoms with van der Waals surface area (Å²) in [6, 6.07) is 4.98. The molecule has 1 N–H and O–H groups in total. The number of ether oxygens (including phenoxy) is 1. The first kappa shape index (κ1) is 9.39. The highest BCUT2D eigenvalue weighted by atomic mass is 79.9. The molecule has 0 aliphatic rings. The molecule has 0 fully saturated rings. The van der Waals surface area contributed by atoms with Crippen LogP contribution in [0.15, 0.2) is 22.7 Å². The number of hydrogen-bond acceptors (Lipinski definition) is 2. The second-order valence-electron chi connectivity index (χ2n) is 2.46. The van der Waals surface area contributed by atoms with Crippen molar-refractivity contribution in [3.8, 4) is 11.5 Å². The Bertz CT molecular complexity index is 261. The van der Waals surface area contributed by atoms with Gasteiger partial charge in [-0.1, -0.05) is 6.92 Å². The molecule has 0 spiro atoms. The van der Waals surface area contributed by atoms with Crippen LogP contribution < -0.4 is 4.74 Å². The first-order valence-electron chi connectivity index (χ1n) is 3.85. The van der Waals surface area contributed by atoms with Gasteiger partial charge in [-0.2, -0.15) is 0 Å². The maximum atomic E-state index is 9.14. The average molecular weight is 231 g/mol. The maximum absolute atomic E-state index is 9.14. The highest BCUT2D eigenvalue weighted by Gasteiger charge is 2.00. The van der Waals surface area contributed by atoms with E-state index in [4.69, 9.17) is 9.84 Å². The fourth-order valence-electron chi connectivity index (χ4n) is 0.815. The molecule has 12 heavy (non-hydrogen) atoms. The van der Waals surface area contributed by atoms with Crippen LogP contribution in [0.3, 0.4) is 0 Å². The van der Waals surface area contributed by atoms with Gasteiger partial charge in [-0.3, -0.25) is 0 Å². The quantitative estimate of drug-likeness (QED) is 0.866. The van der Waals surface area contributed by atoms with Crippen molar-refractivity contribution in [1.29, 1.82) is 0 Å². The number of phenols is 1. The molecule has 0 bridgehead atoms. The van der Waals surface area contributed by atoms with E-state index in [1.165, 1.54) is 0 Å². The van der Waals surface area contributed by atoms with Gasteiger partial charge in [0.15, 0.2) is 0 Å². The number of rotatable bonds is 3. The van der Waals surface area contributed by atoms with E-state index in [0.29, 0.717) is 12.4 Å². The van der Waals surface area contributed by atoms with Gasteiger partial charge < -0.3 is 9.84 Å². The van der Waals surface area contributed by atoms with Gasteiger partial charge in [0.2, 0.25) is 0 Å². The average Bonchev–Trinajstić information content (AvgIpc) is 2.07. The molecule has 1 aromatic carbocycles. The molecule has 0 saturated heterocycles. The summed E-state index contributed by atoms with van der Waals surface area (Å²) in [6.07, 6.45) is 0.960. The molecule has 0 radical (unpaired) electrons. The van der Waals surface area contributed by atoms with E-state index in [0.717, 1.165) is 10.9 Å². The minimum absolute atomic E-state index is 0.226. The van der Waals surface area contributed by atoms with Crippen molar-refractivity contribution in [2.75, 3.05) is 6.61 Å². The molecule has 66 valence electrons. The predicted octanol–water partition coefficient (Wildman–Crippen LogP) is 2.94. The largest absolute Gasteiger partial charge is 0.508 e. The smallest absolute Gasteiger partial charge is 0.137 e. The van der Waals surface area contributed by atoms with Gasteiger partial charge in [-0.05, 0) is 34.5 Å². The summed E-state index contributed by atoms with van der Waals surface area (Å²) in [5.74, 6) is 0.918. The number of halogens is 1. The van der Waals surface area contributed by atoms with Gasteiger partial charge >= 0.3 is 0 Å². The van der Waals surface area contributed by atoms with Crippen LogP contribution in [0.2, 0.25) is 0 Å². The first-order chi connectivity index (χ1) is 5.74. The molecular formula is C9H11BrO2. The summed E-state index contributed by atoms with van der Waals surface area (Å²) >= 11 is 3.32. The van der Waals surface area contributed by atoms with E-state index in [-0.39, 0.29) is 5.75 Å². The summed E-state index contributed by atoms with van der Waals surface area (Å²) in [4.78, 5) is 0. The zero-order valence-electron chi connectivity index (χ0n) is 6.88. The lowest BCUT2D eigenvalue weighted by Gasteiger charge is -2.06. The Morgan fingerprint density at radius 3 is 2.92 bits per heavy atom. The second kappa shape index (κ2) is 4.36. The standard InChI is InChI=1S/C9H11BrO2/c1-2-5-12-9-6-7(11)3-4-8(9)10/h3-4,6,11H,2,5H2,1H3. The van der Waals surface area contributed by atoms with Crippen LogP contribution in [0.25, 0.3) is 0 Å². The molecule has 0 aromatic heterocycles. The highest BCUT2D eigenvalue weighted by Crippen LogP contribution is 2.28. The van der Waals surface area contributed by atoms with Gasteiger partial charge in [0.25, 0.3) is 0 Å². The van der Waals surface area contributed by atoms with Crippen LogP contribution in [0.1, 0.15) is 13.3 Å². The summed E-state index contributed by atoms with van der Waals surface area (Å²) in [5.41, 5.74) is 0. The van der Waals surface area contributed by atoms with E-state index in [1.807, 2.05) is 6.92 Å². The molecule has 0 heterocycles. The van der Waals surface area contributed by atoms with Gasteiger partial charge in [-0.25, -0.2) is 0 Å². The first-order valence-corrected chi connectivity index (χ1v) is 4.64. The molecule has 0 saturated carbocycles. The monoisotopic (exact) mass is 230 g/mol. The minimum Gasteiger partial charge on any atom is -0.508 e. The van der Waals surface area contributed by atoms with Crippen molar-refractivity contribution in [3.63, 3.8) is 0 Å². The molecule has 0 unspecified atom stereocenters. The van der Waals surface area contributed by atoms with Crippen molar-refractivity contribution in [3.05, 3.63) is 22.7 Å². The van der Waals surface area contributed by atoms with Gasteiger partial charge in [0.1, 0.15) is 11.5 Å². The highest BCUT2D eigenvalue weighted by molar-refractivity contribution is 9.10.